The number of carbonyl (C=O) groups excluding carboxylic acids is 1. The van der Waals surface area contributed by atoms with Gasteiger partial charge in [0.05, 0.1) is 0 Å². The highest BCUT2D eigenvalue weighted by atomic mass is 32.1. The first-order valence-electron chi connectivity index (χ1n) is 6.35. The van der Waals surface area contributed by atoms with E-state index in [1.165, 1.54) is 11.3 Å². The van der Waals surface area contributed by atoms with Crippen molar-refractivity contribution in [1.82, 2.24) is 10.2 Å². The van der Waals surface area contributed by atoms with Crippen LogP contribution in [-0.2, 0) is 11.3 Å². The van der Waals surface area contributed by atoms with Crippen LogP contribution in [0.5, 0.6) is 0 Å². The van der Waals surface area contributed by atoms with Crippen molar-refractivity contribution in [3.05, 3.63) is 21.9 Å². The first-order chi connectivity index (χ1) is 9.11. The van der Waals surface area contributed by atoms with E-state index in [0.717, 1.165) is 31.5 Å². The normalized spacial score (nSPS) is 17.3. The molecule has 19 heavy (non-hydrogen) atoms. The number of nitrogens with one attached hydrogen (secondary N) is 1. The molecular weight excluding hydrogens is 264 g/mol. The summed E-state index contributed by atoms with van der Waals surface area (Å²) in [5.74, 6) is -0.644. The molecular formula is C13H18N2O3S. The van der Waals surface area contributed by atoms with Gasteiger partial charge in [-0.05, 0) is 42.9 Å². The van der Waals surface area contributed by atoms with Crippen molar-refractivity contribution < 1.29 is 14.7 Å². The summed E-state index contributed by atoms with van der Waals surface area (Å²) in [6, 6.07) is 1.87. The molecule has 0 aromatic carbocycles. The molecule has 0 atom stereocenters. The second-order valence-corrected chi connectivity index (χ2v) is 5.66. The summed E-state index contributed by atoms with van der Waals surface area (Å²) in [6.45, 7) is 2.34. The highest BCUT2D eigenvalue weighted by Gasteiger charge is 2.25. The quantitative estimate of drug-likeness (QED) is 0.876. The summed E-state index contributed by atoms with van der Waals surface area (Å²) < 4.78 is 0. The van der Waals surface area contributed by atoms with Crippen LogP contribution in [0, 0.1) is 5.92 Å². The van der Waals surface area contributed by atoms with E-state index < -0.39 is 5.97 Å². The van der Waals surface area contributed by atoms with Crippen LogP contribution in [0.25, 0.3) is 0 Å². The van der Waals surface area contributed by atoms with Crippen molar-refractivity contribution in [2.75, 3.05) is 20.1 Å². The van der Waals surface area contributed by atoms with Gasteiger partial charge in [-0.1, -0.05) is 0 Å². The Morgan fingerprint density at radius 3 is 2.74 bits per heavy atom. The third kappa shape index (κ3) is 3.33. The van der Waals surface area contributed by atoms with E-state index >= 15 is 0 Å². The minimum Gasteiger partial charge on any atom is -0.477 e. The van der Waals surface area contributed by atoms with E-state index in [4.69, 9.17) is 5.11 Å². The molecule has 0 aliphatic carbocycles. The van der Waals surface area contributed by atoms with Gasteiger partial charge in [-0.15, -0.1) is 11.3 Å². The highest BCUT2D eigenvalue weighted by Crippen LogP contribution is 2.23. The molecule has 104 valence electrons. The molecule has 1 fully saturated rings. The van der Waals surface area contributed by atoms with Crippen LogP contribution >= 0.6 is 11.3 Å². The van der Waals surface area contributed by atoms with E-state index in [1.807, 2.05) is 11.4 Å². The van der Waals surface area contributed by atoms with Gasteiger partial charge in [0.15, 0.2) is 0 Å². The molecule has 1 aromatic heterocycles. The van der Waals surface area contributed by atoms with Crippen LogP contribution < -0.4 is 5.32 Å². The molecule has 2 rings (SSSR count). The molecule has 2 N–H and O–H groups in total. The standard InChI is InChI=1S/C13H18N2O3S/c1-14-12(16)9-2-5-15(6-3-9)8-10-4-7-19-11(10)13(17)18/h4,7,9H,2-3,5-6,8H2,1H3,(H,14,16)(H,17,18). The molecule has 2 heterocycles. The molecule has 5 nitrogen and oxygen atoms in total. The third-order valence-corrected chi connectivity index (χ3v) is 4.48. The van der Waals surface area contributed by atoms with Crippen molar-refractivity contribution in [3.8, 4) is 0 Å². The average molecular weight is 282 g/mol. The molecule has 1 aromatic rings. The van der Waals surface area contributed by atoms with E-state index in [9.17, 15) is 9.59 Å². The number of carboxylic acids is 1. The number of amides is 1. The minimum atomic E-state index is -0.856. The summed E-state index contributed by atoms with van der Waals surface area (Å²) in [5.41, 5.74) is 0.871. The monoisotopic (exact) mass is 282 g/mol. The zero-order chi connectivity index (χ0) is 13.8. The number of nitrogens with zero attached hydrogens (tertiary/aromatic N) is 1. The van der Waals surface area contributed by atoms with Crippen molar-refractivity contribution in [1.29, 1.82) is 0 Å². The lowest BCUT2D eigenvalue weighted by Crippen LogP contribution is -2.39. The number of piperidine rings is 1. The number of likely N-dealkylation sites (tertiary alicyclic amines) is 1. The molecule has 1 amide bonds. The maximum absolute atomic E-state index is 11.5. The van der Waals surface area contributed by atoms with Crippen LogP contribution in [0.15, 0.2) is 11.4 Å². The summed E-state index contributed by atoms with van der Waals surface area (Å²) in [5, 5.41) is 13.6. The van der Waals surface area contributed by atoms with Crippen molar-refractivity contribution in [3.63, 3.8) is 0 Å². The summed E-state index contributed by atoms with van der Waals surface area (Å²) in [6.07, 6.45) is 1.68. The summed E-state index contributed by atoms with van der Waals surface area (Å²) in [4.78, 5) is 25.2. The SMILES string of the molecule is CNC(=O)C1CCN(Cc2ccsc2C(=O)O)CC1. The largest absolute Gasteiger partial charge is 0.477 e. The van der Waals surface area contributed by atoms with Gasteiger partial charge in [0.1, 0.15) is 4.88 Å². The van der Waals surface area contributed by atoms with Gasteiger partial charge in [0, 0.05) is 19.5 Å². The summed E-state index contributed by atoms with van der Waals surface area (Å²) >= 11 is 1.26. The van der Waals surface area contributed by atoms with Crippen LogP contribution in [-0.4, -0.2) is 42.0 Å². The fraction of sp³-hybridized carbons (Fsp3) is 0.538. The molecule has 0 radical (unpaired) electrons. The number of hydrogen-bond acceptors (Lipinski definition) is 4. The zero-order valence-corrected chi connectivity index (χ0v) is 11.7. The smallest absolute Gasteiger partial charge is 0.346 e. The Labute approximate surface area is 116 Å². The van der Waals surface area contributed by atoms with Crippen LogP contribution in [0.4, 0.5) is 0 Å². The van der Waals surface area contributed by atoms with Gasteiger partial charge in [0.2, 0.25) is 5.91 Å². The molecule has 0 spiro atoms. The summed E-state index contributed by atoms with van der Waals surface area (Å²) in [7, 11) is 1.67. The van der Waals surface area contributed by atoms with Gasteiger partial charge < -0.3 is 10.4 Å². The topological polar surface area (TPSA) is 69.6 Å². The molecule has 1 aliphatic rings. The van der Waals surface area contributed by atoms with Crippen molar-refractivity contribution >= 4 is 23.2 Å². The molecule has 0 bridgehead atoms. The number of hydrogen-bond donors (Lipinski definition) is 2. The second kappa shape index (κ2) is 6.16. The van der Waals surface area contributed by atoms with E-state index in [2.05, 4.69) is 10.2 Å². The Morgan fingerprint density at radius 1 is 1.47 bits per heavy atom. The Balaban J connectivity index is 1.90. The predicted molar refractivity (Wildman–Crippen MR) is 73.3 cm³/mol. The molecule has 0 unspecified atom stereocenters. The number of rotatable bonds is 4. The molecule has 1 aliphatic heterocycles. The highest BCUT2D eigenvalue weighted by molar-refractivity contribution is 7.12. The second-order valence-electron chi connectivity index (χ2n) is 4.74. The number of thiophene rings is 1. The first kappa shape index (κ1) is 14.0. The van der Waals surface area contributed by atoms with Gasteiger partial charge in [-0.2, -0.15) is 0 Å². The van der Waals surface area contributed by atoms with Gasteiger partial charge in [-0.25, -0.2) is 4.79 Å². The Hall–Kier alpha value is -1.40. The lowest BCUT2D eigenvalue weighted by atomic mass is 9.95. The maximum atomic E-state index is 11.5. The van der Waals surface area contributed by atoms with Crippen LogP contribution in [0.3, 0.4) is 0 Å². The lowest BCUT2D eigenvalue weighted by molar-refractivity contribution is -0.125. The van der Waals surface area contributed by atoms with Crippen LogP contribution in [0.2, 0.25) is 0 Å². The van der Waals surface area contributed by atoms with Crippen LogP contribution in [0.1, 0.15) is 28.1 Å². The van der Waals surface area contributed by atoms with Crippen molar-refractivity contribution in [2.45, 2.75) is 19.4 Å². The van der Waals surface area contributed by atoms with Crippen molar-refractivity contribution in [2.24, 2.45) is 5.92 Å². The fourth-order valence-corrected chi connectivity index (χ4v) is 3.20. The van der Waals surface area contributed by atoms with E-state index in [-0.39, 0.29) is 11.8 Å². The number of aromatic carboxylic acids is 1. The number of carboxylic acid groups (broad SMARTS) is 1. The molecule has 6 heteroatoms. The first-order valence-corrected chi connectivity index (χ1v) is 7.23. The molecule has 1 saturated heterocycles. The van der Waals surface area contributed by atoms with E-state index in [1.54, 1.807) is 7.05 Å². The van der Waals surface area contributed by atoms with E-state index in [0.29, 0.717) is 11.4 Å². The van der Waals surface area contributed by atoms with Gasteiger partial charge in [-0.3, -0.25) is 9.69 Å². The average Bonchev–Trinajstić information content (AvgIpc) is 2.87. The Morgan fingerprint density at radius 2 is 2.16 bits per heavy atom. The Kier molecular flexibility index (Phi) is 4.55. The zero-order valence-electron chi connectivity index (χ0n) is 10.9. The maximum Gasteiger partial charge on any atom is 0.346 e. The third-order valence-electron chi connectivity index (χ3n) is 3.54. The molecule has 0 saturated carbocycles. The Bertz CT molecular complexity index is 464. The lowest BCUT2D eigenvalue weighted by Gasteiger charge is -2.30. The predicted octanol–water partition coefficient (Wildman–Crippen LogP) is 1.40. The minimum absolute atomic E-state index is 0.0997. The fourth-order valence-electron chi connectivity index (χ4n) is 2.45. The van der Waals surface area contributed by atoms with Gasteiger partial charge in [0.25, 0.3) is 0 Å². The number of carbonyl (C=O) groups is 2. The van der Waals surface area contributed by atoms with Gasteiger partial charge >= 0.3 is 5.97 Å².